The van der Waals surface area contributed by atoms with Crippen LogP contribution in [0.3, 0.4) is 0 Å². The normalized spacial score (nSPS) is 11.6. The van der Waals surface area contributed by atoms with E-state index in [0.717, 1.165) is 66.8 Å². The molecular formula is C58H38N2O. The van der Waals surface area contributed by atoms with Gasteiger partial charge in [-0.3, -0.25) is 0 Å². The average molecular weight is 779 g/mol. The van der Waals surface area contributed by atoms with Crippen LogP contribution in [0.5, 0.6) is 0 Å². The monoisotopic (exact) mass is 778 g/mol. The van der Waals surface area contributed by atoms with E-state index in [-0.39, 0.29) is 0 Å². The molecule has 2 aromatic heterocycles. The predicted molar refractivity (Wildman–Crippen MR) is 257 cm³/mol. The van der Waals surface area contributed by atoms with Crippen LogP contribution in [-0.2, 0) is 0 Å². The standard InChI is InChI=1S/C58H38N2O/c1-3-15-39(16-4-1)40-31-34-45(35-32-40)59(46-22-11-18-42(37-46)48-26-14-30-55-56(48)53-36-33-41-17-7-8-24-50(41)58(53)61-55)47-23-12-19-43(38-47)49-27-13-28-52-51-25-9-10-29-54(51)60(57(49)52)44-20-5-2-6-21-44/h1-38H. The highest BCUT2D eigenvalue weighted by molar-refractivity contribution is 6.19. The number of nitrogens with zero attached hydrogens (tertiary/aromatic N) is 2. The van der Waals surface area contributed by atoms with Gasteiger partial charge in [0.15, 0.2) is 0 Å². The highest BCUT2D eigenvalue weighted by Crippen LogP contribution is 2.44. The molecule has 0 fully saturated rings. The molecule has 0 saturated carbocycles. The second-order valence-electron chi connectivity index (χ2n) is 15.7. The van der Waals surface area contributed by atoms with E-state index in [9.17, 15) is 0 Å². The van der Waals surface area contributed by atoms with Crippen molar-refractivity contribution >= 4 is 71.6 Å². The molecule has 0 spiro atoms. The lowest BCUT2D eigenvalue weighted by molar-refractivity contribution is 0.673. The van der Waals surface area contributed by atoms with Gasteiger partial charge in [0.05, 0.1) is 11.0 Å². The summed E-state index contributed by atoms with van der Waals surface area (Å²) in [6.07, 6.45) is 0. The summed E-state index contributed by atoms with van der Waals surface area (Å²) in [4.78, 5) is 2.38. The number of benzene rings is 10. The zero-order valence-corrected chi connectivity index (χ0v) is 33.2. The molecule has 0 saturated heterocycles. The predicted octanol–water partition coefficient (Wildman–Crippen LogP) is 16.3. The minimum Gasteiger partial charge on any atom is -0.455 e. The maximum absolute atomic E-state index is 6.62. The van der Waals surface area contributed by atoms with Gasteiger partial charge in [-0.05, 0) is 99.9 Å². The third-order valence-electron chi connectivity index (χ3n) is 12.2. The molecule has 61 heavy (non-hydrogen) atoms. The fourth-order valence-corrected chi connectivity index (χ4v) is 9.40. The van der Waals surface area contributed by atoms with Crippen LogP contribution < -0.4 is 4.90 Å². The maximum atomic E-state index is 6.62. The molecule has 0 aliphatic rings. The highest BCUT2D eigenvalue weighted by atomic mass is 16.3. The van der Waals surface area contributed by atoms with Crippen molar-refractivity contribution in [3.8, 4) is 39.1 Å². The fraction of sp³-hybridized carbons (Fsp3) is 0. The van der Waals surface area contributed by atoms with Crippen LogP contribution in [-0.4, -0.2) is 4.57 Å². The summed E-state index contributed by atoms with van der Waals surface area (Å²) in [5, 5.41) is 7.02. The van der Waals surface area contributed by atoms with Gasteiger partial charge in [0, 0.05) is 55.2 Å². The van der Waals surface area contributed by atoms with Gasteiger partial charge in [-0.1, -0.05) is 164 Å². The molecule has 3 nitrogen and oxygen atoms in total. The van der Waals surface area contributed by atoms with Crippen LogP contribution in [0, 0.1) is 0 Å². The molecule has 0 atom stereocenters. The SMILES string of the molecule is c1ccc(-c2ccc(N(c3cccc(-c4cccc5oc6c7ccccc7ccc6c45)c3)c3cccc(-c4cccc5c6ccccc6n(-c6ccccc6)c45)c3)cc2)cc1. The topological polar surface area (TPSA) is 21.3 Å². The Hall–Kier alpha value is -8.14. The molecule has 0 bridgehead atoms. The molecule has 3 heteroatoms. The van der Waals surface area contributed by atoms with E-state index in [1.807, 2.05) is 0 Å². The Balaban J connectivity index is 1.04. The van der Waals surface area contributed by atoms with Crippen molar-refractivity contribution in [2.45, 2.75) is 0 Å². The lowest BCUT2D eigenvalue weighted by Crippen LogP contribution is -2.10. The molecule has 2 heterocycles. The summed E-state index contributed by atoms with van der Waals surface area (Å²) in [7, 11) is 0. The van der Waals surface area contributed by atoms with E-state index in [1.54, 1.807) is 0 Å². The van der Waals surface area contributed by atoms with E-state index >= 15 is 0 Å². The maximum Gasteiger partial charge on any atom is 0.143 e. The minimum absolute atomic E-state index is 0.886. The van der Waals surface area contributed by atoms with Crippen molar-refractivity contribution in [1.82, 2.24) is 4.57 Å². The molecule has 286 valence electrons. The van der Waals surface area contributed by atoms with Crippen molar-refractivity contribution in [2.75, 3.05) is 4.90 Å². The van der Waals surface area contributed by atoms with Gasteiger partial charge < -0.3 is 13.9 Å². The van der Waals surface area contributed by atoms with Crippen LogP contribution in [0.2, 0.25) is 0 Å². The van der Waals surface area contributed by atoms with Crippen LogP contribution in [0.4, 0.5) is 17.1 Å². The Morgan fingerprint density at radius 2 is 0.951 bits per heavy atom. The Bertz CT molecular complexity index is 3580. The molecule has 0 aliphatic carbocycles. The summed E-state index contributed by atoms with van der Waals surface area (Å²) in [6.45, 7) is 0. The molecule has 0 amide bonds. The van der Waals surface area contributed by atoms with Gasteiger partial charge in [0.1, 0.15) is 11.2 Å². The third kappa shape index (κ3) is 5.82. The van der Waals surface area contributed by atoms with Crippen molar-refractivity contribution in [3.63, 3.8) is 0 Å². The quantitative estimate of drug-likeness (QED) is 0.161. The number of hydrogen-bond acceptors (Lipinski definition) is 2. The molecule has 0 aliphatic heterocycles. The average Bonchev–Trinajstić information content (AvgIpc) is 3.89. The van der Waals surface area contributed by atoms with Crippen molar-refractivity contribution < 1.29 is 4.42 Å². The fourth-order valence-electron chi connectivity index (χ4n) is 9.40. The van der Waals surface area contributed by atoms with E-state index < -0.39 is 0 Å². The Morgan fingerprint density at radius 3 is 1.74 bits per heavy atom. The second kappa shape index (κ2) is 14.3. The summed E-state index contributed by atoms with van der Waals surface area (Å²) in [5.74, 6) is 0. The number of para-hydroxylation sites is 3. The van der Waals surface area contributed by atoms with Crippen LogP contribution in [0.15, 0.2) is 235 Å². The number of anilines is 3. The first-order valence-electron chi connectivity index (χ1n) is 20.8. The molecule has 10 aromatic carbocycles. The molecule has 0 unspecified atom stereocenters. The van der Waals surface area contributed by atoms with Crippen molar-refractivity contribution in [2.24, 2.45) is 0 Å². The number of fused-ring (bicyclic) bond motifs is 8. The van der Waals surface area contributed by atoms with Gasteiger partial charge in [-0.15, -0.1) is 0 Å². The molecule has 0 N–H and O–H groups in total. The van der Waals surface area contributed by atoms with Gasteiger partial charge in [0.25, 0.3) is 0 Å². The first-order valence-corrected chi connectivity index (χ1v) is 20.8. The lowest BCUT2D eigenvalue weighted by atomic mass is 9.97. The summed E-state index contributed by atoms with van der Waals surface area (Å²) < 4.78 is 9.04. The largest absolute Gasteiger partial charge is 0.455 e. The Kier molecular flexibility index (Phi) is 8.17. The first kappa shape index (κ1) is 34.9. The van der Waals surface area contributed by atoms with Crippen molar-refractivity contribution in [1.29, 1.82) is 0 Å². The van der Waals surface area contributed by atoms with E-state index in [1.165, 1.54) is 43.9 Å². The Labute approximate surface area is 353 Å². The Morgan fingerprint density at radius 1 is 0.361 bits per heavy atom. The van der Waals surface area contributed by atoms with E-state index in [0.29, 0.717) is 0 Å². The second-order valence-corrected chi connectivity index (χ2v) is 15.7. The minimum atomic E-state index is 0.886. The summed E-state index contributed by atoms with van der Waals surface area (Å²) >= 11 is 0. The molecule has 0 radical (unpaired) electrons. The summed E-state index contributed by atoms with van der Waals surface area (Å²) in [6, 6.07) is 82.9. The number of aromatic nitrogens is 1. The van der Waals surface area contributed by atoms with Gasteiger partial charge in [-0.25, -0.2) is 0 Å². The number of hydrogen-bond donors (Lipinski definition) is 0. The number of furan rings is 1. The van der Waals surface area contributed by atoms with Gasteiger partial charge >= 0.3 is 0 Å². The van der Waals surface area contributed by atoms with Crippen LogP contribution >= 0.6 is 0 Å². The zero-order chi connectivity index (χ0) is 40.3. The molecule has 12 aromatic rings. The van der Waals surface area contributed by atoms with E-state index in [4.69, 9.17) is 4.42 Å². The number of rotatable bonds is 7. The molecule has 12 rings (SSSR count). The summed E-state index contributed by atoms with van der Waals surface area (Å²) in [5.41, 5.74) is 15.5. The lowest BCUT2D eigenvalue weighted by Gasteiger charge is -2.27. The van der Waals surface area contributed by atoms with Crippen LogP contribution in [0.1, 0.15) is 0 Å². The van der Waals surface area contributed by atoms with Gasteiger partial charge in [-0.2, -0.15) is 0 Å². The van der Waals surface area contributed by atoms with Crippen LogP contribution in [0.25, 0.3) is 93.6 Å². The highest BCUT2D eigenvalue weighted by Gasteiger charge is 2.20. The molecular weight excluding hydrogens is 741 g/mol. The van der Waals surface area contributed by atoms with E-state index in [2.05, 4.69) is 240 Å². The first-order chi connectivity index (χ1) is 30.3. The van der Waals surface area contributed by atoms with Crippen molar-refractivity contribution in [3.05, 3.63) is 231 Å². The third-order valence-corrected chi connectivity index (χ3v) is 12.2. The van der Waals surface area contributed by atoms with Gasteiger partial charge in [0.2, 0.25) is 0 Å². The zero-order valence-electron chi connectivity index (χ0n) is 33.2. The smallest absolute Gasteiger partial charge is 0.143 e.